The van der Waals surface area contributed by atoms with Crippen molar-refractivity contribution >= 4 is 11.9 Å². The Morgan fingerprint density at radius 2 is 1.75 bits per heavy atom. The van der Waals surface area contributed by atoms with Crippen LogP contribution in [0.25, 0.3) is 6.08 Å². The number of carbonyl (C=O) groups excluding carboxylic acids is 1. The molecule has 0 radical (unpaired) electrons. The summed E-state index contributed by atoms with van der Waals surface area (Å²) in [5, 5.41) is 0. The lowest BCUT2D eigenvalue weighted by Gasteiger charge is -2.23. The second-order valence-corrected chi connectivity index (χ2v) is 5.88. The van der Waals surface area contributed by atoms with Gasteiger partial charge in [0.15, 0.2) is 5.78 Å². The van der Waals surface area contributed by atoms with Crippen LogP contribution in [0.2, 0.25) is 0 Å². The third kappa shape index (κ3) is 1.41. The topological polar surface area (TPSA) is 17.1 Å². The average molecular weight is 260 g/mol. The SMILES string of the molecule is CC1=Cc2ccccc2C2CC12C(=O)c1ccccc1. The summed E-state index contributed by atoms with van der Waals surface area (Å²) in [6.45, 7) is 2.11. The molecule has 2 aromatic carbocycles. The number of hydrogen-bond donors (Lipinski definition) is 0. The molecule has 0 heterocycles. The molecule has 0 spiro atoms. The zero-order valence-electron chi connectivity index (χ0n) is 11.5. The van der Waals surface area contributed by atoms with Crippen molar-refractivity contribution in [1.82, 2.24) is 0 Å². The van der Waals surface area contributed by atoms with Gasteiger partial charge in [-0.15, -0.1) is 0 Å². The number of rotatable bonds is 2. The van der Waals surface area contributed by atoms with Gasteiger partial charge >= 0.3 is 0 Å². The fourth-order valence-electron chi connectivity index (χ4n) is 3.67. The number of hydrogen-bond acceptors (Lipinski definition) is 1. The van der Waals surface area contributed by atoms with Gasteiger partial charge in [-0.1, -0.05) is 66.2 Å². The molecule has 0 aliphatic heterocycles. The number of carbonyl (C=O) groups is 1. The lowest BCUT2D eigenvalue weighted by molar-refractivity contribution is 0.0920. The summed E-state index contributed by atoms with van der Waals surface area (Å²) >= 11 is 0. The summed E-state index contributed by atoms with van der Waals surface area (Å²) < 4.78 is 0. The van der Waals surface area contributed by atoms with Crippen molar-refractivity contribution in [2.24, 2.45) is 5.41 Å². The molecule has 2 unspecified atom stereocenters. The second kappa shape index (κ2) is 3.92. The van der Waals surface area contributed by atoms with Gasteiger partial charge in [-0.05, 0) is 24.5 Å². The molecule has 98 valence electrons. The van der Waals surface area contributed by atoms with Crippen LogP contribution in [-0.4, -0.2) is 5.78 Å². The average Bonchev–Trinajstić information content (AvgIpc) is 3.25. The molecule has 20 heavy (non-hydrogen) atoms. The minimum atomic E-state index is -0.268. The van der Waals surface area contributed by atoms with E-state index in [1.54, 1.807) is 0 Å². The number of fused-ring (bicyclic) bond motifs is 3. The molecular weight excluding hydrogens is 244 g/mol. The van der Waals surface area contributed by atoms with Crippen molar-refractivity contribution in [1.29, 1.82) is 0 Å². The monoisotopic (exact) mass is 260 g/mol. The summed E-state index contributed by atoms with van der Waals surface area (Å²) in [4.78, 5) is 12.9. The molecule has 1 saturated carbocycles. The zero-order valence-corrected chi connectivity index (χ0v) is 11.5. The summed E-state index contributed by atoms with van der Waals surface area (Å²) in [5.74, 6) is 0.655. The van der Waals surface area contributed by atoms with Gasteiger partial charge in [0.05, 0.1) is 5.41 Å². The molecule has 1 heteroatoms. The smallest absolute Gasteiger partial charge is 0.173 e. The highest BCUT2D eigenvalue weighted by molar-refractivity contribution is 6.07. The number of ketones is 1. The predicted octanol–water partition coefficient (Wildman–Crippen LogP) is 4.46. The van der Waals surface area contributed by atoms with E-state index in [9.17, 15) is 4.79 Å². The van der Waals surface area contributed by atoms with E-state index in [0.29, 0.717) is 5.92 Å². The van der Waals surface area contributed by atoms with Gasteiger partial charge in [0, 0.05) is 11.5 Å². The molecule has 2 aromatic rings. The van der Waals surface area contributed by atoms with Crippen LogP contribution in [-0.2, 0) is 0 Å². The van der Waals surface area contributed by atoms with Crippen LogP contribution >= 0.6 is 0 Å². The van der Waals surface area contributed by atoms with Gasteiger partial charge in [-0.2, -0.15) is 0 Å². The van der Waals surface area contributed by atoms with Crippen molar-refractivity contribution in [3.63, 3.8) is 0 Å². The van der Waals surface area contributed by atoms with Crippen LogP contribution in [0.1, 0.15) is 40.7 Å². The van der Waals surface area contributed by atoms with Gasteiger partial charge in [0.1, 0.15) is 0 Å². The van der Waals surface area contributed by atoms with Gasteiger partial charge in [-0.25, -0.2) is 0 Å². The molecule has 1 nitrogen and oxygen atoms in total. The molecule has 1 fully saturated rings. The van der Waals surface area contributed by atoms with Crippen LogP contribution in [0, 0.1) is 5.41 Å². The van der Waals surface area contributed by atoms with Gasteiger partial charge < -0.3 is 0 Å². The first-order valence-corrected chi connectivity index (χ1v) is 7.11. The molecule has 0 bridgehead atoms. The quantitative estimate of drug-likeness (QED) is 0.728. The van der Waals surface area contributed by atoms with Crippen LogP contribution in [0.5, 0.6) is 0 Å². The van der Waals surface area contributed by atoms with E-state index in [4.69, 9.17) is 0 Å². The van der Waals surface area contributed by atoms with Crippen molar-refractivity contribution in [3.8, 4) is 0 Å². The Balaban J connectivity index is 1.81. The third-order valence-electron chi connectivity index (χ3n) is 4.85. The van der Waals surface area contributed by atoms with Crippen LogP contribution in [0.3, 0.4) is 0 Å². The van der Waals surface area contributed by atoms with Gasteiger partial charge in [-0.3, -0.25) is 4.79 Å². The van der Waals surface area contributed by atoms with Crippen molar-refractivity contribution < 1.29 is 4.79 Å². The Morgan fingerprint density at radius 1 is 1.05 bits per heavy atom. The normalized spacial score (nSPS) is 26.2. The molecule has 0 amide bonds. The maximum atomic E-state index is 12.9. The minimum Gasteiger partial charge on any atom is -0.293 e. The van der Waals surface area contributed by atoms with E-state index in [-0.39, 0.29) is 11.2 Å². The van der Waals surface area contributed by atoms with E-state index in [1.807, 2.05) is 30.3 Å². The Hall–Kier alpha value is -2.15. The number of allylic oxidation sites excluding steroid dienone is 1. The largest absolute Gasteiger partial charge is 0.293 e. The molecule has 0 aromatic heterocycles. The Bertz CT molecular complexity index is 726. The first-order valence-electron chi connectivity index (χ1n) is 7.11. The summed E-state index contributed by atoms with van der Waals surface area (Å²) in [6.07, 6.45) is 3.15. The van der Waals surface area contributed by atoms with E-state index >= 15 is 0 Å². The molecule has 0 saturated heterocycles. The fourth-order valence-corrected chi connectivity index (χ4v) is 3.67. The summed E-state index contributed by atoms with van der Waals surface area (Å²) in [7, 11) is 0. The third-order valence-corrected chi connectivity index (χ3v) is 4.85. The van der Waals surface area contributed by atoms with Gasteiger partial charge in [0.25, 0.3) is 0 Å². The minimum absolute atomic E-state index is 0.268. The molecule has 2 aliphatic carbocycles. The molecule has 0 N–H and O–H groups in total. The van der Waals surface area contributed by atoms with Gasteiger partial charge in [0.2, 0.25) is 0 Å². The highest BCUT2D eigenvalue weighted by atomic mass is 16.1. The Kier molecular flexibility index (Phi) is 2.29. The molecule has 2 atom stereocenters. The highest BCUT2D eigenvalue weighted by Crippen LogP contribution is 2.67. The number of Topliss-reactive ketones (excluding diaryl/α,β-unsaturated/α-hetero) is 1. The second-order valence-electron chi connectivity index (χ2n) is 5.88. The van der Waals surface area contributed by atoms with Crippen molar-refractivity contribution in [3.05, 3.63) is 76.9 Å². The lowest BCUT2D eigenvalue weighted by atomic mass is 9.79. The maximum Gasteiger partial charge on any atom is 0.173 e. The first-order chi connectivity index (χ1) is 9.73. The number of benzene rings is 2. The van der Waals surface area contributed by atoms with E-state index < -0.39 is 0 Å². The first kappa shape index (κ1) is 11.7. The van der Waals surface area contributed by atoms with Crippen LogP contribution < -0.4 is 0 Å². The standard InChI is InChI=1S/C19H16O/c1-13-11-15-9-5-6-10-16(15)17-12-19(13,17)18(20)14-7-3-2-4-8-14/h2-11,17H,12H2,1H3. The Labute approximate surface area is 119 Å². The predicted molar refractivity (Wildman–Crippen MR) is 80.7 cm³/mol. The zero-order chi connectivity index (χ0) is 13.7. The van der Waals surface area contributed by atoms with E-state index in [0.717, 1.165) is 12.0 Å². The fraction of sp³-hybridized carbons (Fsp3) is 0.211. The lowest BCUT2D eigenvalue weighted by Crippen LogP contribution is -2.21. The molecule has 2 aliphatic rings. The van der Waals surface area contributed by atoms with Crippen LogP contribution in [0.4, 0.5) is 0 Å². The molecule has 4 rings (SSSR count). The van der Waals surface area contributed by atoms with E-state index in [2.05, 4.69) is 37.3 Å². The summed E-state index contributed by atoms with van der Waals surface area (Å²) in [5.41, 5.74) is 4.40. The Morgan fingerprint density at radius 3 is 2.55 bits per heavy atom. The van der Waals surface area contributed by atoms with Crippen molar-refractivity contribution in [2.75, 3.05) is 0 Å². The summed E-state index contributed by atoms with van der Waals surface area (Å²) in [6, 6.07) is 18.2. The van der Waals surface area contributed by atoms with E-state index in [1.165, 1.54) is 16.7 Å². The van der Waals surface area contributed by atoms with Crippen LogP contribution in [0.15, 0.2) is 60.2 Å². The highest BCUT2D eigenvalue weighted by Gasteiger charge is 2.62. The van der Waals surface area contributed by atoms with Crippen molar-refractivity contribution in [2.45, 2.75) is 19.3 Å². The molecular formula is C19H16O. The maximum absolute atomic E-state index is 12.9.